The van der Waals surface area contributed by atoms with Gasteiger partial charge in [0.2, 0.25) is 0 Å². The minimum absolute atomic E-state index is 0.0199. The van der Waals surface area contributed by atoms with E-state index >= 15 is 0 Å². The molecule has 1 N–H and O–H groups in total. The summed E-state index contributed by atoms with van der Waals surface area (Å²) in [5.41, 5.74) is 0.234. The van der Waals surface area contributed by atoms with Crippen LogP contribution >= 0.6 is 0 Å². The molecule has 0 bridgehead atoms. The molecule has 92 valence electrons. The highest BCUT2D eigenvalue weighted by Crippen LogP contribution is 2.26. The van der Waals surface area contributed by atoms with Crippen molar-refractivity contribution in [3.05, 3.63) is 34.9 Å². The van der Waals surface area contributed by atoms with Crippen molar-refractivity contribution in [1.29, 1.82) is 0 Å². The summed E-state index contributed by atoms with van der Waals surface area (Å²) in [5.74, 6) is -3.03. The molecule has 0 aromatic heterocycles. The molecule has 1 fully saturated rings. The van der Waals surface area contributed by atoms with Gasteiger partial charge in [0.1, 0.15) is 0 Å². The largest absolute Gasteiger partial charge is 0.465 e. The molecule has 0 spiro atoms. The average molecular weight is 241 g/mol. The van der Waals surface area contributed by atoms with Crippen LogP contribution in [0, 0.1) is 11.6 Å². The first-order chi connectivity index (χ1) is 8.13. The van der Waals surface area contributed by atoms with Crippen LogP contribution in [0.1, 0.15) is 34.8 Å². The van der Waals surface area contributed by atoms with Gasteiger partial charge in [-0.2, -0.15) is 0 Å². The summed E-state index contributed by atoms with van der Waals surface area (Å²) in [7, 11) is 1.14. The Balaban J connectivity index is 2.41. The van der Waals surface area contributed by atoms with Crippen LogP contribution in [0.2, 0.25) is 0 Å². The summed E-state index contributed by atoms with van der Waals surface area (Å²) in [4.78, 5) is 11.3. The number of esters is 1. The third kappa shape index (κ3) is 2.29. The Hall–Kier alpha value is -1.49. The van der Waals surface area contributed by atoms with Gasteiger partial charge in [0.15, 0.2) is 11.6 Å². The van der Waals surface area contributed by atoms with Crippen molar-refractivity contribution in [2.75, 3.05) is 13.7 Å². The highest BCUT2D eigenvalue weighted by molar-refractivity contribution is 5.89. The number of benzene rings is 1. The Labute approximate surface area is 97.8 Å². The van der Waals surface area contributed by atoms with Crippen molar-refractivity contribution in [3.8, 4) is 0 Å². The Morgan fingerprint density at radius 3 is 2.82 bits per heavy atom. The van der Waals surface area contributed by atoms with Crippen LogP contribution < -0.4 is 5.32 Å². The maximum Gasteiger partial charge on any atom is 0.340 e. The van der Waals surface area contributed by atoms with Gasteiger partial charge in [0.25, 0.3) is 0 Å². The van der Waals surface area contributed by atoms with Gasteiger partial charge in [0, 0.05) is 6.04 Å². The monoisotopic (exact) mass is 241 g/mol. The predicted molar refractivity (Wildman–Crippen MR) is 57.7 cm³/mol. The maximum atomic E-state index is 13.4. The van der Waals surface area contributed by atoms with Crippen LogP contribution in [0.15, 0.2) is 12.1 Å². The highest BCUT2D eigenvalue weighted by atomic mass is 19.2. The van der Waals surface area contributed by atoms with E-state index in [4.69, 9.17) is 0 Å². The molecule has 1 aromatic rings. The van der Waals surface area contributed by atoms with Gasteiger partial charge in [-0.25, -0.2) is 13.6 Å². The number of hydrogen-bond acceptors (Lipinski definition) is 3. The van der Waals surface area contributed by atoms with E-state index in [1.54, 1.807) is 0 Å². The molecule has 0 saturated carbocycles. The smallest absolute Gasteiger partial charge is 0.340 e. The van der Waals surface area contributed by atoms with Crippen molar-refractivity contribution in [2.45, 2.75) is 18.9 Å². The van der Waals surface area contributed by atoms with Gasteiger partial charge in [0.05, 0.1) is 12.7 Å². The Morgan fingerprint density at radius 1 is 1.47 bits per heavy atom. The second-order valence-electron chi connectivity index (χ2n) is 4.00. The lowest BCUT2D eigenvalue weighted by Gasteiger charge is -2.12. The van der Waals surface area contributed by atoms with Crippen LogP contribution in [-0.4, -0.2) is 19.6 Å². The van der Waals surface area contributed by atoms with E-state index < -0.39 is 17.6 Å². The molecule has 1 saturated heterocycles. The van der Waals surface area contributed by atoms with E-state index in [2.05, 4.69) is 10.1 Å². The van der Waals surface area contributed by atoms with Crippen molar-refractivity contribution in [3.63, 3.8) is 0 Å². The first-order valence-electron chi connectivity index (χ1n) is 5.44. The summed E-state index contributed by atoms with van der Waals surface area (Å²) in [5, 5.41) is 3.16. The van der Waals surface area contributed by atoms with E-state index in [9.17, 15) is 13.6 Å². The van der Waals surface area contributed by atoms with Crippen LogP contribution in [-0.2, 0) is 4.74 Å². The lowest BCUT2D eigenvalue weighted by molar-refractivity contribution is 0.0594. The van der Waals surface area contributed by atoms with E-state index in [1.807, 2.05) is 0 Å². The number of halogens is 2. The maximum absolute atomic E-state index is 13.4. The van der Waals surface area contributed by atoms with Gasteiger partial charge in [-0.1, -0.05) is 0 Å². The van der Waals surface area contributed by atoms with Crippen molar-refractivity contribution >= 4 is 5.97 Å². The third-order valence-electron chi connectivity index (χ3n) is 2.92. The standard InChI is InChI=1S/C12H13F2NO2/c1-17-12(16)8-5-7(6-9(13)11(8)14)10-3-2-4-15-10/h5-6,10,15H,2-4H2,1H3. The predicted octanol–water partition coefficient (Wildman–Crippen LogP) is 2.18. The van der Waals surface area contributed by atoms with Crippen LogP contribution in [0.3, 0.4) is 0 Å². The summed E-state index contributed by atoms with van der Waals surface area (Å²) < 4.78 is 31.2. The molecule has 1 aliphatic rings. The van der Waals surface area contributed by atoms with Gasteiger partial charge >= 0.3 is 5.97 Å². The van der Waals surface area contributed by atoms with E-state index in [1.165, 1.54) is 6.07 Å². The zero-order valence-electron chi connectivity index (χ0n) is 9.43. The normalized spacial score (nSPS) is 19.4. The molecular formula is C12H13F2NO2. The fourth-order valence-corrected chi connectivity index (χ4v) is 2.04. The number of rotatable bonds is 2. The molecule has 3 nitrogen and oxygen atoms in total. The summed E-state index contributed by atoms with van der Waals surface area (Å²) >= 11 is 0. The van der Waals surface area contributed by atoms with Crippen LogP contribution in [0.4, 0.5) is 8.78 Å². The SMILES string of the molecule is COC(=O)c1cc(C2CCCN2)cc(F)c1F. The molecule has 1 aromatic carbocycles. The topological polar surface area (TPSA) is 38.3 Å². The van der Waals surface area contributed by atoms with Crippen LogP contribution in [0.5, 0.6) is 0 Å². The molecule has 0 amide bonds. The Bertz CT molecular complexity index is 442. The van der Waals surface area contributed by atoms with Crippen LogP contribution in [0.25, 0.3) is 0 Å². The van der Waals surface area contributed by atoms with Crippen molar-refractivity contribution in [1.82, 2.24) is 5.32 Å². The quantitative estimate of drug-likeness (QED) is 0.806. The van der Waals surface area contributed by atoms with Gasteiger partial charge < -0.3 is 10.1 Å². The Kier molecular flexibility index (Phi) is 3.38. The molecule has 17 heavy (non-hydrogen) atoms. The first kappa shape index (κ1) is 12.0. The van der Waals surface area contributed by atoms with Gasteiger partial charge in [-0.05, 0) is 37.1 Å². The summed E-state index contributed by atoms with van der Waals surface area (Å²) in [6.07, 6.45) is 1.84. The molecular weight excluding hydrogens is 228 g/mol. The number of methoxy groups -OCH3 is 1. The van der Waals surface area contributed by atoms with E-state index in [0.717, 1.165) is 32.6 Å². The van der Waals surface area contributed by atoms with Crippen molar-refractivity contribution < 1.29 is 18.3 Å². The summed E-state index contributed by atoms with van der Waals surface area (Å²) in [6.45, 7) is 0.844. The lowest BCUT2D eigenvalue weighted by atomic mass is 10.0. The molecule has 1 aliphatic heterocycles. The molecule has 1 heterocycles. The minimum Gasteiger partial charge on any atom is -0.465 e. The number of nitrogens with one attached hydrogen (secondary N) is 1. The average Bonchev–Trinajstić information content (AvgIpc) is 2.85. The van der Waals surface area contributed by atoms with E-state index in [0.29, 0.717) is 5.56 Å². The molecule has 0 aliphatic carbocycles. The Morgan fingerprint density at radius 2 is 2.24 bits per heavy atom. The fraction of sp³-hybridized carbons (Fsp3) is 0.417. The molecule has 2 rings (SSSR count). The highest BCUT2D eigenvalue weighted by Gasteiger charge is 2.23. The third-order valence-corrected chi connectivity index (χ3v) is 2.92. The molecule has 1 unspecified atom stereocenters. The molecule has 5 heteroatoms. The van der Waals surface area contributed by atoms with Gasteiger partial charge in [-0.3, -0.25) is 0 Å². The molecule has 0 radical (unpaired) electrons. The lowest BCUT2D eigenvalue weighted by Crippen LogP contribution is -2.15. The number of carbonyl (C=O) groups excluding carboxylic acids is 1. The zero-order valence-corrected chi connectivity index (χ0v) is 9.43. The van der Waals surface area contributed by atoms with Crippen molar-refractivity contribution in [2.24, 2.45) is 0 Å². The van der Waals surface area contributed by atoms with Gasteiger partial charge in [-0.15, -0.1) is 0 Å². The number of ether oxygens (including phenoxy) is 1. The van der Waals surface area contributed by atoms with E-state index in [-0.39, 0.29) is 11.6 Å². The number of carbonyl (C=O) groups is 1. The molecule has 1 atom stereocenters. The number of hydrogen-bond donors (Lipinski definition) is 1. The first-order valence-corrected chi connectivity index (χ1v) is 5.44. The zero-order chi connectivity index (χ0) is 12.4. The second-order valence-corrected chi connectivity index (χ2v) is 4.00. The minimum atomic E-state index is -1.15. The summed E-state index contributed by atoms with van der Waals surface area (Å²) in [6, 6.07) is 2.46. The fourth-order valence-electron chi connectivity index (χ4n) is 2.04. The second kappa shape index (κ2) is 4.79.